The Morgan fingerprint density at radius 1 is 0.912 bits per heavy atom. The number of methoxy groups -OCH3 is 2. The predicted octanol–water partition coefficient (Wildman–Crippen LogP) is 5.51. The fourth-order valence-electron chi connectivity index (χ4n) is 4.41. The van der Waals surface area contributed by atoms with E-state index in [2.05, 4.69) is 33.5 Å². The number of nitrogens with one attached hydrogen (secondary N) is 2. The van der Waals surface area contributed by atoms with Gasteiger partial charge < -0.3 is 29.2 Å². The highest BCUT2D eigenvalue weighted by atomic mass is 16.5. The average Bonchev–Trinajstić information content (AvgIpc) is 3.34. The minimum Gasteiger partial charge on any atom is -0.493 e. The summed E-state index contributed by atoms with van der Waals surface area (Å²) >= 11 is 0. The maximum absolute atomic E-state index is 6.28. The Kier molecular flexibility index (Phi) is 6.27. The molecule has 0 atom stereocenters. The second-order valence-electron chi connectivity index (χ2n) is 8.26. The predicted molar refractivity (Wildman–Crippen MR) is 134 cm³/mol. The van der Waals surface area contributed by atoms with E-state index in [4.69, 9.17) is 18.9 Å². The molecule has 1 aliphatic rings. The SMILES string of the molecule is CNc1cc(-c2ccnc3[nH]c(-c4ccc(OC)c(OC)c4)cc23)ccc1OC1CCOCC1. The molecule has 0 unspecified atom stereocenters. The van der Waals surface area contributed by atoms with Crippen molar-refractivity contribution in [1.29, 1.82) is 0 Å². The largest absolute Gasteiger partial charge is 0.493 e. The molecule has 0 bridgehead atoms. The number of hydrogen-bond acceptors (Lipinski definition) is 6. The third-order valence-corrected chi connectivity index (χ3v) is 6.25. The van der Waals surface area contributed by atoms with Gasteiger partial charge in [-0.15, -0.1) is 0 Å². The molecule has 0 spiro atoms. The lowest BCUT2D eigenvalue weighted by atomic mass is 10.0. The maximum atomic E-state index is 6.28. The first kappa shape index (κ1) is 22.1. The summed E-state index contributed by atoms with van der Waals surface area (Å²) < 4.78 is 22.6. The first-order valence-corrected chi connectivity index (χ1v) is 11.5. The van der Waals surface area contributed by atoms with Crippen LogP contribution in [0.3, 0.4) is 0 Å². The molecule has 0 saturated carbocycles. The minimum absolute atomic E-state index is 0.188. The standard InChI is InChI=1S/C27H29N3O4/c1-28-23-14-17(4-6-24(23)34-19-9-12-33-13-10-19)20-8-11-29-27-21(20)16-22(30-27)18-5-7-25(31-2)26(15-18)32-3/h4-8,11,14-16,19,28H,9-10,12-13H2,1-3H3,(H,29,30). The third-order valence-electron chi connectivity index (χ3n) is 6.25. The number of aromatic amines is 1. The first-order valence-electron chi connectivity index (χ1n) is 11.5. The number of ether oxygens (including phenoxy) is 4. The number of anilines is 1. The molecule has 3 heterocycles. The number of nitrogens with zero attached hydrogens (tertiary/aromatic N) is 1. The van der Waals surface area contributed by atoms with E-state index in [0.29, 0.717) is 11.5 Å². The highest BCUT2D eigenvalue weighted by molar-refractivity contribution is 5.97. The molecule has 34 heavy (non-hydrogen) atoms. The molecule has 5 rings (SSSR count). The van der Waals surface area contributed by atoms with Crippen LogP contribution in [0.4, 0.5) is 5.69 Å². The Labute approximate surface area is 199 Å². The van der Waals surface area contributed by atoms with Gasteiger partial charge in [0.2, 0.25) is 0 Å². The van der Waals surface area contributed by atoms with Gasteiger partial charge in [0, 0.05) is 42.7 Å². The van der Waals surface area contributed by atoms with Gasteiger partial charge in [0.05, 0.1) is 33.1 Å². The molecule has 2 N–H and O–H groups in total. The first-order chi connectivity index (χ1) is 16.7. The van der Waals surface area contributed by atoms with Crippen LogP contribution < -0.4 is 19.5 Å². The minimum atomic E-state index is 0.188. The Bertz CT molecular complexity index is 1290. The average molecular weight is 460 g/mol. The lowest BCUT2D eigenvalue weighted by Crippen LogP contribution is -2.26. The van der Waals surface area contributed by atoms with Crippen LogP contribution in [0.5, 0.6) is 17.2 Å². The van der Waals surface area contributed by atoms with E-state index in [9.17, 15) is 0 Å². The number of rotatable bonds is 7. The molecule has 7 nitrogen and oxygen atoms in total. The van der Waals surface area contributed by atoms with Crippen molar-refractivity contribution in [3.63, 3.8) is 0 Å². The lowest BCUT2D eigenvalue weighted by molar-refractivity contribution is 0.0258. The van der Waals surface area contributed by atoms with Gasteiger partial charge in [-0.25, -0.2) is 4.98 Å². The molecule has 0 radical (unpaired) electrons. The van der Waals surface area contributed by atoms with Crippen molar-refractivity contribution < 1.29 is 18.9 Å². The summed E-state index contributed by atoms with van der Waals surface area (Å²) in [6.07, 6.45) is 3.85. The lowest BCUT2D eigenvalue weighted by Gasteiger charge is -2.24. The van der Waals surface area contributed by atoms with Crippen molar-refractivity contribution in [2.24, 2.45) is 0 Å². The molecule has 4 aromatic rings. The van der Waals surface area contributed by atoms with Gasteiger partial charge in [-0.2, -0.15) is 0 Å². The zero-order valence-electron chi connectivity index (χ0n) is 19.7. The van der Waals surface area contributed by atoms with Gasteiger partial charge in [-0.05, 0) is 53.6 Å². The topological polar surface area (TPSA) is 77.6 Å². The number of hydrogen-bond donors (Lipinski definition) is 2. The van der Waals surface area contributed by atoms with Crippen molar-refractivity contribution >= 4 is 16.7 Å². The molecular weight excluding hydrogens is 430 g/mol. The van der Waals surface area contributed by atoms with Crippen LogP contribution in [0, 0.1) is 0 Å². The molecule has 0 aliphatic carbocycles. The molecule has 7 heteroatoms. The summed E-state index contributed by atoms with van der Waals surface area (Å²) in [6, 6.07) is 16.3. The van der Waals surface area contributed by atoms with Crippen LogP contribution >= 0.6 is 0 Å². The van der Waals surface area contributed by atoms with E-state index in [1.165, 1.54) is 0 Å². The van der Waals surface area contributed by atoms with E-state index < -0.39 is 0 Å². The van der Waals surface area contributed by atoms with E-state index >= 15 is 0 Å². The second-order valence-corrected chi connectivity index (χ2v) is 8.26. The number of pyridine rings is 1. The van der Waals surface area contributed by atoms with Crippen LogP contribution in [-0.2, 0) is 4.74 Å². The van der Waals surface area contributed by atoms with Crippen LogP contribution in [0.25, 0.3) is 33.4 Å². The number of H-pyrrole nitrogens is 1. The van der Waals surface area contributed by atoms with Crippen molar-refractivity contribution in [1.82, 2.24) is 9.97 Å². The summed E-state index contributed by atoms with van der Waals surface area (Å²) in [5, 5.41) is 4.34. The second kappa shape index (κ2) is 9.65. The number of aromatic nitrogens is 2. The molecule has 1 fully saturated rings. The van der Waals surface area contributed by atoms with Gasteiger partial charge >= 0.3 is 0 Å². The van der Waals surface area contributed by atoms with Crippen molar-refractivity contribution in [2.75, 3.05) is 39.8 Å². The summed E-state index contributed by atoms with van der Waals surface area (Å²) in [4.78, 5) is 8.01. The highest BCUT2D eigenvalue weighted by Gasteiger charge is 2.18. The van der Waals surface area contributed by atoms with Crippen molar-refractivity contribution in [2.45, 2.75) is 18.9 Å². The van der Waals surface area contributed by atoms with E-state index in [1.54, 1.807) is 14.2 Å². The molecule has 2 aromatic heterocycles. The Balaban J connectivity index is 1.50. The Morgan fingerprint density at radius 3 is 2.44 bits per heavy atom. The summed E-state index contributed by atoms with van der Waals surface area (Å²) in [5.41, 5.74) is 5.94. The maximum Gasteiger partial charge on any atom is 0.161 e. The number of fused-ring (bicyclic) bond motifs is 1. The normalized spacial score (nSPS) is 14.2. The monoisotopic (exact) mass is 459 g/mol. The van der Waals surface area contributed by atoms with Crippen LogP contribution in [0.2, 0.25) is 0 Å². The highest BCUT2D eigenvalue weighted by Crippen LogP contribution is 2.37. The van der Waals surface area contributed by atoms with Crippen molar-refractivity contribution in [3.05, 3.63) is 54.7 Å². The number of benzene rings is 2. The third kappa shape index (κ3) is 4.26. The fourth-order valence-corrected chi connectivity index (χ4v) is 4.41. The Morgan fingerprint density at radius 2 is 1.68 bits per heavy atom. The van der Waals surface area contributed by atoms with Crippen LogP contribution in [0.1, 0.15) is 12.8 Å². The smallest absolute Gasteiger partial charge is 0.161 e. The molecule has 1 aliphatic heterocycles. The van der Waals surface area contributed by atoms with Gasteiger partial charge in [-0.1, -0.05) is 6.07 Å². The van der Waals surface area contributed by atoms with Gasteiger partial charge in [0.25, 0.3) is 0 Å². The van der Waals surface area contributed by atoms with E-state index in [-0.39, 0.29) is 6.10 Å². The van der Waals surface area contributed by atoms with Crippen molar-refractivity contribution in [3.8, 4) is 39.6 Å². The molecule has 2 aromatic carbocycles. The molecular formula is C27H29N3O4. The fraction of sp³-hybridized carbons (Fsp3) is 0.296. The zero-order chi connectivity index (χ0) is 23.5. The molecule has 1 saturated heterocycles. The summed E-state index contributed by atoms with van der Waals surface area (Å²) in [6.45, 7) is 1.51. The van der Waals surface area contributed by atoms with Gasteiger partial charge in [0.1, 0.15) is 17.5 Å². The zero-order valence-corrected chi connectivity index (χ0v) is 19.7. The quantitative estimate of drug-likeness (QED) is 0.379. The Hall–Kier alpha value is -3.71. The van der Waals surface area contributed by atoms with E-state index in [0.717, 1.165) is 70.9 Å². The van der Waals surface area contributed by atoms with E-state index in [1.807, 2.05) is 43.6 Å². The summed E-state index contributed by atoms with van der Waals surface area (Å²) in [7, 11) is 5.20. The van der Waals surface area contributed by atoms with Gasteiger partial charge in [-0.3, -0.25) is 0 Å². The molecule has 0 amide bonds. The van der Waals surface area contributed by atoms with Crippen LogP contribution in [0.15, 0.2) is 54.7 Å². The summed E-state index contributed by atoms with van der Waals surface area (Å²) in [5.74, 6) is 2.25. The molecule has 176 valence electrons. The van der Waals surface area contributed by atoms with Gasteiger partial charge in [0.15, 0.2) is 11.5 Å². The van der Waals surface area contributed by atoms with Crippen LogP contribution in [-0.4, -0.2) is 50.6 Å².